The Hall–Kier alpha value is -0.870. The summed E-state index contributed by atoms with van der Waals surface area (Å²) >= 11 is 3.42. The lowest BCUT2D eigenvalue weighted by atomic mass is 10.2. The van der Waals surface area contributed by atoms with Crippen LogP contribution >= 0.6 is 15.9 Å². The molecule has 19 heavy (non-hydrogen) atoms. The second-order valence-electron chi connectivity index (χ2n) is 5.47. The van der Waals surface area contributed by atoms with E-state index in [0.717, 1.165) is 18.4 Å². The minimum Gasteiger partial charge on any atom is -0.459 e. The summed E-state index contributed by atoms with van der Waals surface area (Å²) in [4.78, 5) is 13.9. The number of alkyl halides is 1. The largest absolute Gasteiger partial charge is 0.459 e. The van der Waals surface area contributed by atoms with Crippen LogP contribution in [-0.2, 0) is 16.1 Å². The maximum atomic E-state index is 11.9. The van der Waals surface area contributed by atoms with Crippen LogP contribution in [0.3, 0.4) is 0 Å². The van der Waals surface area contributed by atoms with Gasteiger partial charge in [-0.1, -0.05) is 46.3 Å². The zero-order chi connectivity index (χ0) is 14.3. The molecule has 0 saturated carbocycles. The summed E-state index contributed by atoms with van der Waals surface area (Å²) in [7, 11) is 0. The van der Waals surface area contributed by atoms with Gasteiger partial charge in [-0.15, -0.1) is 0 Å². The molecule has 1 aromatic rings. The summed E-state index contributed by atoms with van der Waals surface area (Å²) < 4.78 is 5.36. The molecule has 4 heteroatoms. The lowest BCUT2D eigenvalue weighted by Crippen LogP contribution is -2.35. The van der Waals surface area contributed by atoms with E-state index in [1.165, 1.54) is 5.56 Å². The van der Waals surface area contributed by atoms with Crippen molar-refractivity contribution in [3.63, 3.8) is 0 Å². The van der Waals surface area contributed by atoms with Gasteiger partial charge in [-0.25, -0.2) is 0 Å². The molecule has 0 aliphatic carbocycles. The molecular weight excluding hydrogens is 306 g/mol. The first-order valence-corrected chi connectivity index (χ1v) is 7.57. The Morgan fingerprint density at radius 3 is 2.42 bits per heavy atom. The van der Waals surface area contributed by atoms with Crippen LogP contribution in [0.4, 0.5) is 0 Å². The minimum absolute atomic E-state index is 0.176. The van der Waals surface area contributed by atoms with Crippen molar-refractivity contribution < 1.29 is 9.53 Å². The van der Waals surface area contributed by atoms with Gasteiger partial charge in [0.05, 0.1) is 6.54 Å². The summed E-state index contributed by atoms with van der Waals surface area (Å²) in [5.41, 5.74) is 0.774. The van der Waals surface area contributed by atoms with E-state index in [9.17, 15) is 4.79 Å². The van der Waals surface area contributed by atoms with E-state index < -0.39 is 5.60 Å². The molecule has 0 bridgehead atoms. The highest BCUT2D eigenvalue weighted by Crippen LogP contribution is 2.09. The number of halogens is 1. The molecule has 0 heterocycles. The predicted octanol–water partition coefficient (Wildman–Crippen LogP) is 3.23. The zero-order valence-corrected chi connectivity index (χ0v) is 13.4. The van der Waals surface area contributed by atoms with Crippen LogP contribution in [-0.4, -0.2) is 34.9 Å². The van der Waals surface area contributed by atoms with Gasteiger partial charge in [0, 0.05) is 18.4 Å². The Bertz CT molecular complexity index is 387. The second kappa shape index (κ2) is 7.65. The van der Waals surface area contributed by atoms with Crippen molar-refractivity contribution >= 4 is 21.9 Å². The third-order valence-corrected chi connectivity index (χ3v) is 2.78. The standard InChI is InChI=1S/C15H22BrNO2/c1-15(2,3)19-14(18)12-17(10-9-16)11-13-7-5-4-6-8-13/h4-8H,9-12H2,1-3H3. The van der Waals surface area contributed by atoms with Gasteiger partial charge in [-0.2, -0.15) is 0 Å². The molecule has 0 aliphatic rings. The van der Waals surface area contributed by atoms with Gasteiger partial charge in [0.1, 0.15) is 5.60 Å². The second-order valence-corrected chi connectivity index (χ2v) is 6.26. The van der Waals surface area contributed by atoms with Crippen LogP contribution in [0.2, 0.25) is 0 Å². The van der Waals surface area contributed by atoms with Gasteiger partial charge in [0.25, 0.3) is 0 Å². The Kier molecular flexibility index (Phi) is 6.52. The van der Waals surface area contributed by atoms with Gasteiger partial charge >= 0.3 is 5.97 Å². The van der Waals surface area contributed by atoms with Crippen molar-refractivity contribution in [2.24, 2.45) is 0 Å². The Balaban J connectivity index is 2.55. The Labute approximate surface area is 124 Å². The SMILES string of the molecule is CC(C)(C)OC(=O)CN(CCBr)Cc1ccccc1. The smallest absolute Gasteiger partial charge is 0.320 e. The molecule has 0 radical (unpaired) electrons. The average molecular weight is 328 g/mol. The number of rotatable bonds is 6. The number of nitrogens with zero attached hydrogens (tertiary/aromatic N) is 1. The van der Waals surface area contributed by atoms with Crippen LogP contribution < -0.4 is 0 Å². The van der Waals surface area contributed by atoms with Crippen LogP contribution in [0.25, 0.3) is 0 Å². The van der Waals surface area contributed by atoms with Gasteiger partial charge < -0.3 is 4.74 Å². The lowest BCUT2D eigenvalue weighted by Gasteiger charge is -2.24. The Morgan fingerprint density at radius 1 is 1.26 bits per heavy atom. The minimum atomic E-state index is -0.427. The first-order chi connectivity index (χ1) is 8.90. The lowest BCUT2D eigenvalue weighted by molar-refractivity contribution is -0.156. The third-order valence-electron chi connectivity index (χ3n) is 2.42. The Morgan fingerprint density at radius 2 is 1.89 bits per heavy atom. The van der Waals surface area contributed by atoms with Gasteiger partial charge in [0.15, 0.2) is 0 Å². The van der Waals surface area contributed by atoms with E-state index in [-0.39, 0.29) is 5.97 Å². The van der Waals surface area contributed by atoms with Crippen LogP contribution in [0.5, 0.6) is 0 Å². The van der Waals surface area contributed by atoms with Crippen molar-refractivity contribution in [2.75, 3.05) is 18.4 Å². The topological polar surface area (TPSA) is 29.5 Å². The molecule has 0 aromatic heterocycles. The van der Waals surface area contributed by atoms with Crippen molar-refractivity contribution in [2.45, 2.75) is 32.9 Å². The number of carbonyl (C=O) groups is 1. The highest BCUT2D eigenvalue weighted by molar-refractivity contribution is 9.09. The molecule has 106 valence electrons. The van der Waals surface area contributed by atoms with Crippen molar-refractivity contribution in [1.29, 1.82) is 0 Å². The number of ether oxygens (including phenoxy) is 1. The van der Waals surface area contributed by atoms with Gasteiger partial charge in [-0.05, 0) is 26.3 Å². The monoisotopic (exact) mass is 327 g/mol. The normalized spacial score (nSPS) is 11.6. The summed E-state index contributed by atoms with van der Waals surface area (Å²) in [6, 6.07) is 10.1. The maximum Gasteiger partial charge on any atom is 0.320 e. The van der Waals surface area contributed by atoms with Crippen molar-refractivity contribution in [3.8, 4) is 0 Å². The molecule has 0 spiro atoms. The molecule has 0 aliphatic heterocycles. The quantitative estimate of drug-likeness (QED) is 0.593. The number of carbonyl (C=O) groups excluding carboxylic acids is 1. The molecule has 3 nitrogen and oxygen atoms in total. The number of benzene rings is 1. The highest BCUT2D eigenvalue weighted by atomic mass is 79.9. The number of esters is 1. The van der Waals surface area contributed by atoms with E-state index >= 15 is 0 Å². The van der Waals surface area contributed by atoms with Gasteiger partial charge in [-0.3, -0.25) is 9.69 Å². The van der Waals surface area contributed by atoms with Crippen LogP contribution in [0.1, 0.15) is 26.3 Å². The molecule has 1 rings (SSSR count). The fourth-order valence-electron chi connectivity index (χ4n) is 1.73. The third kappa shape index (κ3) is 7.33. The first-order valence-electron chi connectivity index (χ1n) is 6.45. The highest BCUT2D eigenvalue weighted by Gasteiger charge is 2.18. The van der Waals surface area contributed by atoms with Crippen molar-refractivity contribution in [1.82, 2.24) is 4.90 Å². The molecule has 0 atom stereocenters. The zero-order valence-electron chi connectivity index (χ0n) is 11.9. The molecule has 0 saturated heterocycles. The summed E-state index contributed by atoms with van der Waals surface area (Å²) in [6.45, 7) is 7.54. The molecule has 0 N–H and O–H groups in total. The van der Waals surface area contributed by atoms with E-state index in [4.69, 9.17) is 4.74 Å². The van der Waals surface area contributed by atoms with E-state index in [1.807, 2.05) is 39.0 Å². The van der Waals surface area contributed by atoms with E-state index in [1.54, 1.807) is 0 Å². The van der Waals surface area contributed by atoms with Crippen LogP contribution in [0.15, 0.2) is 30.3 Å². The first kappa shape index (κ1) is 16.2. The molecule has 1 aromatic carbocycles. The number of hydrogen-bond acceptors (Lipinski definition) is 3. The predicted molar refractivity (Wildman–Crippen MR) is 81.4 cm³/mol. The van der Waals surface area contributed by atoms with Crippen LogP contribution in [0, 0.1) is 0 Å². The van der Waals surface area contributed by atoms with Gasteiger partial charge in [0.2, 0.25) is 0 Å². The molecule has 0 unspecified atom stereocenters. The maximum absolute atomic E-state index is 11.9. The molecule has 0 amide bonds. The summed E-state index contributed by atoms with van der Waals surface area (Å²) in [5.74, 6) is -0.176. The van der Waals surface area contributed by atoms with Crippen molar-refractivity contribution in [3.05, 3.63) is 35.9 Å². The average Bonchev–Trinajstić information content (AvgIpc) is 2.27. The number of hydrogen-bond donors (Lipinski definition) is 0. The fraction of sp³-hybridized carbons (Fsp3) is 0.533. The molecule has 0 fully saturated rings. The summed E-state index contributed by atoms with van der Waals surface area (Å²) in [6.07, 6.45) is 0. The van der Waals surface area contributed by atoms with E-state index in [2.05, 4.69) is 33.0 Å². The fourth-order valence-corrected chi connectivity index (χ4v) is 2.23. The van der Waals surface area contributed by atoms with E-state index in [0.29, 0.717) is 6.54 Å². The molecular formula is C15H22BrNO2. The summed E-state index contributed by atoms with van der Waals surface area (Å²) in [5, 5.41) is 0.836.